The number of halogens is 5. The van der Waals surface area contributed by atoms with E-state index >= 15 is 0 Å². The van der Waals surface area contributed by atoms with Crippen molar-refractivity contribution >= 4 is 11.5 Å². The Morgan fingerprint density at radius 2 is 1.62 bits per heavy atom. The van der Waals surface area contributed by atoms with Crippen molar-refractivity contribution in [2.24, 2.45) is 13.0 Å². The van der Waals surface area contributed by atoms with Crippen molar-refractivity contribution in [3.8, 4) is 11.8 Å². The SMILES string of the molecule is CCCN(CCC(C)CC)C1Nc2nc(Oc3c(F)c(F)c(F)c(F)c3F)n(C)c(=O)c2N1C. The van der Waals surface area contributed by atoms with Gasteiger partial charge in [0.25, 0.3) is 5.56 Å². The summed E-state index contributed by atoms with van der Waals surface area (Å²) in [6.07, 6.45) is 2.43. The molecule has 12 heteroatoms. The van der Waals surface area contributed by atoms with E-state index in [9.17, 15) is 26.7 Å². The molecule has 1 N–H and O–H groups in total. The lowest BCUT2D eigenvalue weighted by Crippen LogP contribution is -2.50. The second-order valence-electron chi connectivity index (χ2n) is 8.42. The molecule has 0 fully saturated rings. The molecule has 7 nitrogen and oxygen atoms in total. The first kappa shape index (κ1) is 25.7. The maximum atomic E-state index is 14.1. The van der Waals surface area contributed by atoms with Crippen LogP contribution in [0.3, 0.4) is 0 Å². The van der Waals surface area contributed by atoms with Crippen LogP contribution >= 0.6 is 0 Å². The number of ether oxygens (including phenoxy) is 1. The van der Waals surface area contributed by atoms with E-state index in [4.69, 9.17) is 4.74 Å². The fraction of sp³-hybridized carbons (Fsp3) is 0.545. The molecule has 1 aromatic heterocycles. The predicted molar refractivity (Wildman–Crippen MR) is 118 cm³/mol. The molecule has 1 aliphatic heterocycles. The molecule has 1 aliphatic rings. The molecule has 0 spiro atoms. The lowest BCUT2D eigenvalue weighted by molar-refractivity contribution is 0.203. The second kappa shape index (κ2) is 10.2. The van der Waals surface area contributed by atoms with Crippen LogP contribution in [-0.2, 0) is 7.05 Å². The Bertz CT molecular complexity index is 1100. The molecule has 1 aromatic carbocycles. The average molecular weight is 489 g/mol. The largest absolute Gasteiger partial charge is 0.419 e. The van der Waals surface area contributed by atoms with Crippen LogP contribution in [0.15, 0.2) is 4.79 Å². The van der Waals surface area contributed by atoms with Crippen molar-refractivity contribution < 1.29 is 26.7 Å². The number of hydrogen-bond donors (Lipinski definition) is 1. The molecule has 3 rings (SSSR count). The van der Waals surface area contributed by atoms with Crippen molar-refractivity contribution in [1.82, 2.24) is 14.5 Å². The van der Waals surface area contributed by atoms with Gasteiger partial charge in [0.1, 0.15) is 5.69 Å². The van der Waals surface area contributed by atoms with Crippen molar-refractivity contribution in [2.75, 3.05) is 30.4 Å². The Balaban J connectivity index is 1.96. The highest BCUT2D eigenvalue weighted by Crippen LogP contribution is 2.35. The fourth-order valence-corrected chi connectivity index (χ4v) is 3.76. The van der Waals surface area contributed by atoms with Gasteiger partial charge in [-0.25, -0.2) is 13.2 Å². The minimum atomic E-state index is -2.31. The average Bonchev–Trinajstić information content (AvgIpc) is 3.15. The van der Waals surface area contributed by atoms with E-state index in [0.717, 1.165) is 36.9 Å². The van der Waals surface area contributed by atoms with Gasteiger partial charge in [-0.3, -0.25) is 14.3 Å². The number of nitrogens with one attached hydrogen (secondary N) is 1. The number of benzene rings is 1. The second-order valence-corrected chi connectivity index (χ2v) is 8.42. The zero-order valence-electron chi connectivity index (χ0n) is 19.7. The summed E-state index contributed by atoms with van der Waals surface area (Å²) in [6, 6.07) is -0.629. The summed E-state index contributed by atoms with van der Waals surface area (Å²) in [6.45, 7) is 7.80. The molecule has 2 aromatic rings. The Morgan fingerprint density at radius 3 is 2.18 bits per heavy atom. The highest BCUT2D eigenvalue weighted by Gasteiger charge is 2.36. The van der Waals surface area contributed by atoms with Crippen LogP contribution in [0, 0.1) is 35.0 Å². The lowest BCUT2D eigenvalue weighted by atomic mass is 10.1. The van der Waals surface area contributed by atoms with Crippen molar-refractivity contribution in [3.05, 3.63) is 39.4 Å². The third-order valence-electron chi connectivity index (χ3n) is 6.04. The molecular formula is C22H28F5N5O2. The van der Waals surface area contributed by atoms with Gasteiger partial charge in [0.2, 0.25) is 34.8 Å². The van der Waals surface area contributed by atoms with Crippen LogP contribution in [0.5, 0.6) is 11.8 Å². The summed E-state index contributed by atoms with van der Waals surface area (Å²) in [4.78, 5) is 21.0. The Kier molecular flexibility index (Phi) is 7.69. The molecule has 2 heterocycles. The predicted octanol–water partition coefficient (Wildman–Crippen LogP) is 4.56. The highest BCUT2D eigenvalue weighted by atomic mass is 19.2. The summed E-state index contributed by atoms with van der Waals surface area (Å²) in [5, 5.41) is 3.12. The molecule has 188 valence electrons. The van der Waals surface area contributed by atoms with Crippen LogP contribution < -0.4 is 20.5 Å². The third-order valence-corrected chi connectivity index (χ3v) is 6.04. The van der Waals surface area contributed by atoms with E-state index in [2.05, 4.69) is 29.0 Å². The highest BCUT2D eigenvalue weighted by molar-refractivity contribution is 5.71. The third kappa shape index (κ3) is 4.55. The van der Waals surface area contributed by atoms with E-state index in [1.807, 2.05) is 6.92 Å². The van der Waals surface area contributed by atoms with Gasteiger partial charge in [-0.05, 0) is 18.8 Å². The van der Waals surface area contributed by atoms with Crippen molar-refractivity contribution in [2.45, 2.75) is 46.3 Å². The maximum absolute atomic E-state index is 14.1. The first-order chi connectivity index (χ1) is 16.0. The summed E-state index contributed by atoms with van der Waals surface area (Å²) in [7, 11) is 2.94. The van der Waals surface area contributed by atoms with Crippen LogP contribution in [0.4, 0.5) is 33.5 Å². The first-order valence-electron chi connectivity index (χ1n) is 11.1. The van der Waals surface area contributed by atoms with Crippen LogP contribution in [0.25, 0.3) is 0 Å². The summed E-state index contributed by atoms with van der Waals surface area (Å²) in [5.74, 6) is -11.9. The number of anilines is 2. The van der Waals surface area contributed by atoms with Crippen LogP contribution in [-0.4, -0.2) is 40.9 Å². The number of nitrogens with zero attached hydrogens (tertiary/aromatic N) is 4. The van der Waals surface area contributed by atoms with Crippen molar-refractivity contribution in [1.29, 1.82) is 0 Å². The lowest BCUT2D eigenvalue weighted by Gasteiger charge is -2.34. The van der Waals surface area contributed by atoms with Gasteiger partial charge >= 0.3 is 6.01 Å². The van der Waals surface area contributed by atoms with E-state index in [1.54, 1.807) is 11.9 Å². The molecule has 34 heavy (non-hydrogen) atoms. The molecular weight excluding hydrogens is 461 g/mol. The minimum Gasteiger partial charge on any atom is -0.419 e. The van der Waals surface area contributed by atoms with Gasteiger partial charge in [0, 0.05) is 27.2 Å². The normalized spacial score (nSPS) is 16.1. The maximum Gasteiger partial charge on any atom is 0.306 e. The molecule has 0 amide bonds. The molecule has 0 radical (unpaired) electrons. The zero-order chi connectivity index (χ0) is 25.3. The van der Waals surface area contributed by atoms with E-state index in [1.165, 1.54) is 7.05 Å². The molecule has 0 aliphatic carbocycles. The van der Waals surface area contributed by atoms with Crippen LogP contribution in [0.1, 0.15) is 40.0 Å². The van der Waals surface area contributed by atoms with Crippen LogP contribution in [0.2, 0.25) is 0 Å². The van der Waals surface area contributed by atoms with Gasteiger partial charge in [-0.1, -0.05) is 27.2 Å². The molecule has 0 saturated heterocycles. The monoisotopic (exact) mass is 489 g/mol. The van der Waals surface area contributed by atoms with E-state index in [-0.39, 0.29) is 11.5 Å². The van der Waals surface area contributed by atoms with Gasteiger partial charge in [0.05, 0.1) is 0 Å². The van der Waals surface area contributed by atoms with Crippen molar-refractivity contribution in [3.63, 3.8) is 0 Å². The number of hydrogen-bond acceptors (Lipinski definition) is 6. The summed E-state index contributed by atoms with van der Waals surface area (Å²) in [5.41, 5.74) is -0.415. The topological polar surface area (TPSA) is 62.6 Å². The molecule has 2 unspecified atom stereocenters. The number of aromatic nitrogens is 2. The fourth-order valence-electron chi connectivity index (χ4n) is 3.76. The number of rotatable bonds is 9. The smallest absolute Gasteiger partial charge is 0.306 e. The molecule has 0 saturated carbocycles. The van der Waals surface area contributed by atoms with Gasteiger partial charge in [-0.2, -0.15) is 13.8 Å². The Hall–Kier alpha value is -2.89. The van der Waals surface area contributed by atoms with E-state index < -0.39 is 52.7 Å². The van der Waals surface area contributed by atoms with E-state index in [0.29, 0.717) is 5.92 Å². The number of fused-ring (bicyclic) bond motifs is 1. The summed E-state index contributed by atoms with van der Waals surface area (Å²) < 4.78 is 74.5. The standard InChI is InChI=1S/C22H28F5N5O2/c1-6-9-32(10-8-11(3)7-2)21-28-19-17(30(21)4)20(33)31(5)22(29-19)34-18-15(26)13(24)12(23)14(25)16(18)27/h11,21,28H,6-10H2,1-5H3. The zero-order valence-corrected chi connectivity index (χ0v) is 19.7. The van der Waals surface area contributed by atoms with Gasteiger partial charge in [0.15, 0.2) is 12.1 Å². The van der Waals surface area contributed by atoms with Gasteiger partial charge < -0.3 is 15.0 Å². The Morgan fingerprint density at radius 1 is 1.03 bits per heavy atom. The minimum absolute atomic E-state index is 0.0825. The molecule has 2 atom stereocenters. The quantitative estimate of drug-likeness (QED) is 0.317. The summed E-state index contributed by atoms with van der Waals surface area (Å²) >= 11 is 0. The molecule has 0 bridgehead atoms. The van der Waals surface area contributed by atoms with Gasteiger partial charge in [-0.15, -0.1) is 0 Å². The Labute approximate surface area is 194 Å². The first-order valence-corrected chi connectivity index (χ1v) is 11.1.